The van der Waals surface area contributed by atoms with Crippen LogP contribution in [-0.2, 0) is 0 Å². The van der Waals surface area contributed by atoms with Gasteiger partial charge in [-0.05, 0) is 59.8 Å². The Hall–Kier alpha value is -0.650. The van der Waals surface area contributed by atoms with E-state index in [2.05, 4.69) is 26.6 Å². The van der Waals surface area contributed by atoms with E-state index in [1.54, 1.807) is 0 Å². The second-order valence-corrected chi connectivity index (χ2v) is 6.26. The zero-order chi connectivity index (χ0) is 13.4. The predicted octanol–water partition coefficient (Wildman–Crippen LogP) is 3.02. The van der Waals surface area contributed by atoms with Gasteiger partial charge in [0.05, 0.1) is 5.56 Å². The first-order valence-corrected chi connectivity index (χ1v) is 7.43. The lowest BCUT2D eigenvalue weighted by molar-refractivity contribution is 0.0923. The average molecular weight is 364 g/mol. The Bertz CT molecular complexity index is 502. The van der Waals surface area contributed by atoms with Crippen molar-refractivity contribution >= 4 is 34.2 Å². The molecule has 0 aromatic heterocycles. The molecular formula is C14H17BrClFN2O. The summed E-state index contributed by atoms with van der Waals surface area (Å²) in [6, 6.07) is 5.46. The van der Waals surface area contributed by atoms with Crippen LogP contribution in [-0.4, -0.2) is 24.0 Å². The third kappa shape index (κ3) is 3.32. The van der Waals surface area contributed by atoms with Gasteiger partial charge in [0.1, 0.15) is 5.82 Å². The van der Waals surface area contributed by atoms with Crippen molar-refractivity contribution in [2.75, 3.05) is 0 Å². The van der Waals surface area contributed by atoms with Gasteiger partial charge in [-0.2, -0.15) is 0 Å². The van der Waals surface area contributed by atoms with Crippen LogP contribution in [0.4, 0.5) is 4.39 Å². The highest BCUT2D eigenvalue weighted by atomic mass is 79.9. The standard InChI is InChI=1S/C14H16BrFN2O.ClH/c15-13-5-8(16)1-4-12(13)14(19)18-11-6-9-2-3-10(7-11)17-9;/h1,4-5,9-11,17H,2-3,6-7H2,(H,18,19);1H. The number of carbonyl (C=O) groups is 1. The van der Waals surface area contributed by atoms with E-state index < -0.39 is 0 Å². The van der Waals surface area contributed by atoms with Crippen LogP contribution in [0.15, 0.2) is 22.7 Å². The molecule has 1 aromatic carbocycles. The van der Waals surface area contributed by atoms with Crippen molar-refractivity contribution in [1.82, 2.24) is 10.6 Å². The van der Waals surface area contributed by atoms with Crippen molar-refractivity contribution in [2.24, 2.45) is 0 Å². The van der Waals surface area contributed by atoms with Crippen LogP contribution in [0.1, 0.15) is 36.0 Å². The third-order valence-electron chi connectivity index (χ3n) is 3.98. The lowest BCUT2D eigenvalue weighted by Crippen LogP contribution is -2.48. The summed E-state index contributed by atoms with van der Waals surface area (Å²) in [5.41, 5.74) is 0.493. The van der Waals surface area contributed by atoms with Gasteiger partial charge in [-0.1, -0.05) is 0 Å². The molecule has 2 unspecified atom stereocenters. The average Bonchev–Trinajstić information content (AvgIpc) is 2.68. The van der Waals surface area contributed by atoms with Crippen molar-refractivity contribution in [3.8, 4) is 0 Å². The molecule has 0 aliphatic carbocycles. The molecule has 2 bridgehead atoms. The molecule has 20 heavy (non-hydrogen) atoms. The lowest BCUT2D eigenvalue weighted by atomic mass is 9.99. The van der Waals surface area contributed by atoms with Gasteiger partial charge >= 0.3 is 0 Å². The van der Waals surface area contributed by atoms with Crippen molar-refractivity contribution in [3.63, 3.8) is 0 Å². The van der Waals surface area contributed by atoms with Crippen LogP contribution in [0.3, 0.4) is 0 Å². The van der Waals surface area contributed by atoms with E-state index in [1.807, 2.05) is 0 Å². The number of nitrogens with one attached hydrogen (secondary N) is 2. The largest absolute Gasteiger partial charge is 0.349 e. The maximum atomic E-state index is 13.0. The van der Waals surface area contributed by atoms with Gasteiger partial charge in [-0.15, -0.1) is 12.4 Å². The van der Waals surface area contributed by atoms with Crippen LogP contribution in [0, 0.1) is 5.82 Å². The van der Waals surface area contributed by atoms with Crippen molar-refractivity contribution in [1.29, 1.82) is 0 Å². The smallest absolute Gasteiger partial charge is 0.252 e. The maximum absolute atomic E-state index is 13.0. The van der Waals surface area contributed by atoms with Crippen LogP contribution in [0.5, 0.6) is 0 Å². The van der Waals surface area contributed by atoms with Gasteiger partial charge in [-0.25, -0.2) is 4.39 Å². The highest BCUT2D eigenvalue weighted by Crippen LogP contribution is 2.27. The minimum Gasteiger partial charge on any atom is -0.349 e. The Labute approximate surface area is 132 Å². The molecule has 2 atom stereocenters. The Morgan fingerprint density at radius 2 is 1.95 bits per heavy atom. The SMILES string of the molecule is Cl.O=C(NC1CC2CCC(C1)N2)c1ccc(F)cc1Br. The van der Waals surface area contributed by atoms with E-state index in [1.165, 1.54) is 31.0 Å². The topological polar surface area (TPSA) is 41.1 Å². The monoisotopic (exact) mass is 362 g/mol. The molecule has 3 nitrogen and oxygen atoms in total. The summed E-state index contributed by atoms with van der Waals surface area (Å²) < 4.78 is 13.5. The van der Waals surface area contributed by atoms with Gasteiger partial charge < -0.3 is 10.6 Å². The summed E-state index contributed by atoms with van der Waals surface area (Å²) in [4.78, 5) is 12.2. The molecule has 6 heteroatoms. The molecule has 2 aliphatic rings. The van der Waals surface area contributed by atoms with Gasteiger partial charge in [0, 0.05) is 22.6 Å². The number of hydrogen-bond donors (Lipinski definition) is 2. The fourth-order valence-corrected chi connectivity index (χ4v) is 3.64. The normalized spacial score (nSPS) is 27.8. The van der Waals surface area contributed by atoms with E-state index in [0.717, 1.165) is 12.8 Å². The molecule has 0 radical (unpaired) electrons. The molecule has 0 spiro atoms. The molecule has 2 N–H and O–H groups in total. The van der Waals surface area contributed by atoms with Crippen molar-refractivity contribution in [2.45, 2.75) is 43.8 Å². The van der Waals surface area contributed by atoms with Gasteiger partial charge in [-0.3, -0.25) is 4.79 Å². The number of hydrogen-bond acceptors (Lipinski definition) is 2. The molecule has 1 amide bonds. The molecule has 3 rings (SSSR count). The molecule has 110 valence electrons. The van der Waals surface area contributed by atoms with E-state index in [9.17, 15) is 9.18 Å². The zero-order valence-electron chi connectivity index (χ0n) is 10.9. The minimum absolute atomic E-state index is 0. The number of fused-ring (bicyclic) bond motifs is 2. The van der Waals surface area contributed by atoms with Crippen LogP contribution in [0.2, 0.25) is 0 Å². The quantitative estimate of drug-likeness (QED) is 0.848. The van der Waals surface area contributed by atoms with E-state index >= 15 is 0 Å². The lowest BCUT2D eigenvalue weighted by Gasteiger charge is -2.29. The zero-order valence-corrected chi connectivity index (χ0v) is 13.3. The Balaban J connectivity index is 0.00000147. The first-order chi connectivity index (χ1) is 9.11. The second kappa shape index (κ2) is 6.41. The summed E-state index contributed by atoms with van der Waals surface area (Å²) in [5, 5.41) is 6.61. The summed E-state index contributed by atoms with van der Waals surface area (Å²) in [6.45, 7) is 0. The van der Waals surface area contributed by atoms with E-state index in [0.29, 0.717) is 22.1 Å². The summed E-state index contributed by atoms with van der Waals surface area (Å²) in [7, 11) is 0. The van der Waals surface area contributed by atoms with Gasteiger partial charge in [0.2, 0.25) is 0 Å². The molecule has 2 heterocycles. The van der Waals surface area contributed by atoms with Crippen molar-refractivity contribution in [3.05, 3.63) is 34.1 Å². The fraction of sp³-hybridized carbons (Fsp3) is 0.500. The fourth-order valence-electron chi connectivity index (χ4n) is 3.11. The Kier molecular flexibility index (Phi) is 5.04. The first kappa shape index (κ1) is 15.7. The van der Waals surface area contributed by atoms with Crippen LogP contribution in [0.25, 0.3) is 0 Å². The van der Waals surface area contributed by atoms with Crippen LogP contribution < -0.4 is 10.6 Å². The Morgan fingerprint density at radius 3 is 2.55 bits per heavy atom. The number of halogens is 3. The number of rotatable bonds is 2. The minimum atomic E-state index is -0.344. The highest BCUT2D eigenvalue weighted by molar-refractivity contribution is 9.10. The van der Waals surface area contributed by atoms with Gasteiger partial charge in [0.25, 0.3) is 5.91 Å². The predicted molar refractivity (Wildman–Crippen MR) is 81.8 cm³/mol. The Morgan fingerprint density at radius 1 is 1.30 bits per heavy atom. The summed E-state index contributed by atoms with van der Waals surface area (Å²) >= 11 is 3.24. The number of carbonyl (C=O) groups excluding carboxylic acids is 1. The molecular weight excluding hydrogens is 347 g/mol. The second-order valence-electron chi connectivity index (χ2n) is 5.40. The maximum Gasteiger partial charge on any atom is 0.252 e. The molecule has 2 fully saturated rings. The van der Waals surface area contributed by atoms with E-state index in [4.69, 9.17) is 0 Å². The van der Waals surface area contributed by atoms with Gasteiger partial charge in [0.15, 0.2) is 0 Å². The van der Waals surface area contributed by atoms with E-state index in [-0.39, 0.29) is 30.2 Å². The number of piperidine rings is 1. The molecule has 2 saturated heterocycles. The number of benzene rings is 1. The van der Waals surface area contributed by atoms with Crippen LogP contribution >= 0.6 is 28.3 Å². The van der Waals surface area contributed by atoms with Crippen molar-refractivity contribution < 1.29 is 9.18 Å². The molecule has 1 aromatic rings. The number of amides is 1. The highest BCUT2D eigenvalue weighted by Gasteiger charge is 2.34. The first-order valence-electron chi connectivity index (χ1n) is 6.64. The molecule has 0 saturated carbocycles. The summed E-state index contributed by atoms with van der Waals surface area (Å²) in [6.07, 6.45) is 4.39. The molecule has 2 aliphatic heterocycles. The summed E-state index contributed by atoms with van der Waals surface area (Å²) in [5.74, 6) is -0.471. The third-order valence-corrected chi connectivity index (χ3v) is 4.64.